The summed E-state index contributed by atoms with van der Waals surface area (Å²) in [4.78, 5) is 22.5. The Kier molecular flexibility index (Phi) is 3.63. The standard InChI is InChI=1S/C19H14N4O2/c24-18(25)6-2-12-1-4-17-15(9-12)19(22-11-21-17)23-14-3-5-16-13(10-14)7-8-20-16/h1-11,20H,(H,24,25)(H,21,22,23). The highest BCUT2D eigenvalue weighted by Gasteiger charge is 2.06. The lowest BCUT2D eigenvalue weighted by Crippen LogP contribution is -1.96. The van der Waals surface area contributed by atoms with Gasteiger partial charge in [-0.25, -0.2) is 14.8 Å². The predicted molar refractivity (Wildman–Crippen MR) is 97.8 cm³/mol. The minimum atomic E-state index is -0.984. The van der Waals surface area contributed by atoms with Crippen LogP contribution in [-0.2, 0) is 4.79 Å². The van der Waals surface area contributed by atoms with Gasteiger partial charge in [0.05, 0.1) is 5.52 Å². The second-order valence-corrected chi connectivity index (χ2v) is 5.58. The monoisotopic (exact) mass is 330 g/mol. The molecule has 0 aliphatic rings. The molecule has 0 spiro atoms. The summed E-state index contributed by atoms with van der Waals surface area (Å²) in [5.74, 6) is -0.312. The number of hydrogen-bond donors (Lipinski definition) is 3. The topological polar surface area (TPSA) is 90.9 Å². The molecule has 0 aliphatic heterocycles. The molecule has 0 radical (unpaired) electrons. The van der Waals surface area contributed by atoms with Crippen LogP contribution in [-0.4, -0.2) is 26.0 Å². The van der Waals surface area contributed by atoms with Gasteiger partial charge >= 0.3 is 5.97 Å². The highest BCUT2D eigenvalue weighted by atomic mass is 16.4. The van der Waals surface area contributed by atoms with Crippen molar-refractivity contribution in [2.45, 2.75) is 0 Å². The summed E-state index contributed by atoms with van der Waals surface area (Å²) in [6.45, 7) is 0. The van der Waals surface area contributed by atoms with Crippen LogP contribution in [0.5, 0.6) is 0 Å². The molecule has 122 valence electrons. The number of benzene rings is 2. The number of rotatable bonds is 4. The van der Waals surface area contributed by atoms with E-state index in [0.29, 0.717) is 5.82 Å². The third kappa shape index (κ3) is 3.05. The van der Waals surface area contributed by atoms with Crippen molar-refractivity contribution in [2.24, 2.45) is 0 Å². The van der Waals surface area contributed by atoms with Gasteiger partial charge in [-0.1, -0.05) is 6.07 Å². The van der Waals surface area contributed by atoms with Gasteiger partial charge in [-0.3, -0.25) is 0 Å². The smallest absolute Gasteiger partial charge is 0.328 e. The van der Waals surface area contributed by atoms with Crippen LogP contribution in [0.15, 0.2) is 61.1 Å². The van der Waals surface area contributed by atoms with Crippen molar-refractivity contribution >= 4 is 45.4 Å². The molecule has 0 fully saturated rings. The number of H-pyrrole nitrogens is 1. The number of anilines is 2. The van der Waals surface area contributed by atoms with E-state index >= 15 is 0 Å². The Bertz CT molecular complexity index is 1110. The Morgan fingerprint density at radius 2 is 2.04 bits per heavy atom. The Morgan fingerprint density at radius 1 is 1.12 bits per heavy atom. The number of fused-ring (bicyclic) bond motifs is 2. The van der Waals surface area contributed by atoms with Crippen LogP contribution in [0, 0.1) is 0 Å². The fourth-order valence-electron chi connectivity index (χ4n) is 2.71. The molecular weight excluding hydrogens is 316 g/mol. The van der Waals surface area contributed by atoms with Crippen LogP contribution < -0.4 is 5.32 Å². The molecule has 2 heterocycles. The Hall–Kier alpha value is -3.67. The largest absolute Gasteiger partial charge is 0.478 e. The first-order valence-electron chi connectivity index (χ1n) is 7.69. The highest BCUT2D eigenvalue weighted by molar-refractivity contribution is 5.94. The molecule has 2 aromatic carbocycles. The van der Waals surface area contributed by atoms with Crippen molar-refractivity contribution in [3.63, 3.8) is 0 Å². The van der Waals surface area contributed by atoms with Crippen LogP contribution in [0.4, 0.5) is 11.5 Å². The molecule has 4 rings (SSSR count). The summed E-state index contributed by atoms with van der Waals surface area (Å²) < 4.78 is 0. The van der Waals surface area contributed by atoms with Gasteiger partial charge in [0.25, 0.3) is 0 Å². The molecule has 0 bridgehead atoms. The van der Waals surface area contributed by atoms with E-state index in [1.807, 2.05) is 48.7 Å². The van der Waals surface area contributed by atoms with Crippen molar-refractivity contribution in [3.05, 3.63) is 66.6 Å². The summed E-state index contributed by atoms with van der Waals surface area (Å²) in [5.41, 5.74) is 3.54. The first kappa shape index (κ1) is 14.9. The molecule has 0 amide bonds. The summed E-state index contributed by atoms with van der Waals surface area (Å²) in [5, 5.41) is 14.0. The van der Waals surface area contributed by atoms with Crippen molar-refractivity contribution in [1.82, 2.24) is 15.0 Å². The maximum atomic E-state index is 10.7. The lowest BCUT2D eigenvalue weighted by molar-refractivity contribution is -0.131. The number of carbonyl (C=O) groups is 1. The average molecular weight is 330 g/mol. The lowest BCUT2D eigenvalue weighted by atomic mass is 10.1. The average Bonchev–Trinajstić information content (AvgIpc) is 3.08. The Balaban J connectivity index is 1.74. The van der Waals surface area contributed by atoms with E-state index in [1.54, 1.807) is 6.08 Å². The maximum absolute atomic E-state index is 10.7. The van der Waals surface area contributed by atoms with Gasteiger partial charge in [-0.05, 0) is 48.0 Å². The molecule has 3 N–H and O–H groups in total. The Labute approximate surface area is 142 Å². The summed E-state index contributed by atoms with van der Waals surface area (Å²) in [6, 6.07) is 13.6. The quantitative estimate of drug-likeness (QED) is 0.493. The van der Waals surface area contributed by atoms with E-state index in [4.69, 9.17) is 5.11 Å². The van der Waals surface area contributed by atoms with Gasteiger partial charge in [-0.2, -0.15) is 0 Å². The number of nitrogens with one attached hydrogen (secondary N) is 2. The van der Waals surface area contributed by atoms with E-state index in [1.165, 1.54) is 6.33 Å². The van der Waals surface area contributed by atoms with E-state index in [-0.39, 0.29) is 0 Å². The number of carboxylic acid groups (broad SMARTS) is 1. The molecule has 0 atom stereocenters. The summed E-state index contributed by atoms with van der Waals surface area (Å²) in [7, 11) is 0. The molecule has 0 saturated carbocycles. The van der Waals surface area contributed by atoms with E-state index in [2.05, 4.69) is 20.3 Å². The van der Waals surface area contributed by atoms with Gasteiger partial charge in [0.1, 0.15) is 12.1 Å². The van der Waals surface area contributed by atoms with E-state index in [9.17, 15) is 4.79 Å². The number of aromatic nitrogens is 3. The van der Waals surface area contributed by atoms with E-state index in [0.717, 1.165) is 39.1 Å². The number of aromatic amines is 1. The van der Waals surface area contributed by atoms with Crippen molar-refractivity contribution in [3.8, 4) is 0 Å². The fourth-order valence-corrected chi connectivity index (χ4v) is 2.71. The molecular formula is C19H14N4O2. The van der Waals surface area contributed by atoms with Crippen molar-refractivity contribution in [1.29, 1.82) is 0 Å². The number of carboxylic acids is 1. The van der Waals surface area contributed by atoms with Gasteiger partial charge in [0, 0.05) is 34.2 Å². The van der Waals surface area contributed by atoms with Gasteiger partial charge in [0.2, 0.25) is 0 Å². The number of hydrogen-bond acceptors (Lipinski definition) is 4. The maximum Gasteiger partial charge on any atom is 0.328 e. The first-order valence-corrected chi connectivity index (χ1v) is 7.69. The molecule has 6 nitrogen and oxygen atoms in total. The van der Waals surface area contributed by atoms with Crippen LogP contribution in [0.25, 0.3) is 27.9 Å². The van der Waals surface area contributed by atoms with Crippen LogP contribution in [0.3, 0.4) is 0 Å². The zero-order valence-corrected chi connectivity index (χ0v) is 13.1. The fraction of sp³-hybridized carbons (Fsp3) is 0. The first-order chi connectivity index (χ1) is 12.2. The van der Waals surface area contributed by atoms with Gasteiger partial charge < -0.3 is 15.4 Å². The molecule has 4 aromatic rings. The highest BCUT2D eigenvalue weighted by Crippen LogP contribution is 2.26. The number of nitrogens with zero attached hydrogens (tertiary/aromatic N) is 2. The second kappa shape index (κ2) is 6.09. The third-order valence-electron chi connectivity index (χ3n) is 3.89. The molecule has 6 heteroatoms. The number of aliphatic carboxylic acids is 1. The van der Waals surface area contributed by atoms with E-state index < -0.39 is 5.97 Å². The second-order valence-electron chi connectivity index (χ2n) is 5.58. The summed E-state index contributed by atoms with van der Waals surface area (Å²) >= 11 is 0. The van der Waals surface area contributed by atoms with Crippen LogP contribution in [0.1, 0.15) is 5.56 Å². The molecule has 0 aliphatic carbocycles. The van der Waals surface area contributed by atoms with Crippen LogP contribution in [0.2, 0.25) is 0 Å². The summed E-state index contributed by atoms with van der Waals surface area (Å²) in [6.07, 6.45) is 6.06. The molecule has 25 heavy (non-hydrogen) atoms. The lowest BCUT2D eigenvalue weighted by Gasteiger charge is -2.09. The minimum Gasteiger partial charge on any atom is -0.478 e. The van der Waals surface area contributed by atoms with Gasteiger partial charge in [-0.15, -0.1) is 0 Å². The normalized spacial score (nSPS) is 11.4. The minimum absolute atomic E-state index is 0.672. The van der Waals surface area contributed by atoms with Crippen molar-refractivity contribution < 1.29 is 9.90 Å². The SMILES string of the molecule is O=C(O)C=Cc1ccc2ncnc(Nc3ccc4[nH]ccc4c3)c2c1. The molecule has 2 aromatic heterocycles. The molecule has 0 saturated heterocycles. The zero-order chi connectivity index (χ0) is 17.2. The third-order valence-corrected chi connectivity index (χ3v) is 3.89. The van der Waals surface area contributed by atoms with Gasteiger partial charge in [0.15, 0.2) is 0 Å². The predicted octanol–water partition coefficient (Wildman–Crippen LogP) is 3.95. The van der Waals surface area contributed by atoms with Crippen LogP contribution >= 0.6 is 0 Å². The van der Waals surface area contributed by atoms with Crippen molar-refractivity contribution in [2.75, 3.05) is 5.32 Å². The molecule has 0 unspecified atom stereocenters. The zero-order valence-electron chi connectivity index (χ0n) is 13.1. The Morgan fingerprint density at radius 3 is 2.92 bits per heavy atom.